The highest BCUT2D eigenvalue weighted by Gasteiger charge is 2.01. The Morgan fingerprint density at radius 2 is 1.87 bits per heavy atom. The quantitative estimate of drug-likeness (QED) is 0.868. The van der Waals surface area contributed by atoms with Crippen molar-refractivity contribution in [2.45, 2.75) is 26.0 Å². The Morgan fingerprint density at radius 3 is 2.40 bits per heavy atom. The van der Waals surface area contributed by atoms with Crippen molar-refractivity contribution < 1.29 is 4.74 Å². The number of ether oxygens (including phenoxy) is 1. The minimum atomic E-state index is 0.0969. The molecule has 1 unspecified atom stereocenters. The molecule has 4 heteroatoms. The summed E-state index contributed by atoms with van der Waals surface area (Å²) in [5, 5.41) is 1.25. The molecule has 0 fully saturated rings. The Hall–Kier alpha value is -0.280. The summed E-state index contributed by atoms with van der Waals surface area (Å²) < 4.78 is 5.44. The van der Waals surface area contributed by atoms with Gasteiger partial charge in [-0.05, 0) is 30.2 Å². The average Bonchev–Trinajstić information content (AvgIpc) is 2.16. The van der Waals surface area contributed by atoms with Crippen LogP contribution >= 0.6 is 23.2 Å². The van der Waals surface area contributed by atoms with Crippen LogP contribution in [0.1, 0.15) is 18.9 Å². The van der Waals surface area contributed by atoms with Crippen LogP contribution in [0.5, 0.6) is 0 Å². The highest BCUT2D eigenvalue weighted by Crippen LogP contribution is 2.19. The molecule has 0 heterocycles. The van der Waals surface area contributed by atoms with Gasteiger partial charge in [0.15, 0.2) is 0 Å². The maximum atomic E-state index is 5.85. The Morgan fingerprint density at radius 1 is 1.27 bits per heavy atom. The minimum absolute atomic E-state index is 0.0969. The van der Waals surface area contributed by atoms with Crippen LogP contribution in [0.3, 0.4) is 0 Å². The third-order valence-electron chi connectivity index (χ3n) is 2.05. The van der Waals surface area contributed by atoms with Gasteiger partial charge in [0.2, 0.25) is 0 Å². The molecule has 1 rings (SSSR count). The van der Waals surface area contributed by atoms with E-state index in [-0.39, 0.29) is 6.04 Å². The largest absolute Gasteiger partial charge is 0.375 e. The fourth-order valence-electron chi connectivity index (χ4n) is 1.14. The molecule has 1 atom stereocenters. The smallest absolute Gasteiger partial charge is 0.0718 e. The van der Waals surface area contributed by atoms with E-state index in [9.17, 15) is 0 Å². The lowest BCUT2D eigenvalue weighted by Gasteiger charge is -2.09. The molecule has 0 spiro atoms. The van der Waals surface area contributed by atoms with Crippen molar-refractivity contribution in [2.75, 3.05) is 6.61 Å². The monoisotopic (exact) mass is 247 g/mol. The maximum absolute atomic E-state index is 5.85. The van der Waals surface area contributed by atoms with Crippen molar-refractivity contribution in [3.63, 3.8) is 0 Å². The molecule has 0 saturated heterocycles. The second-order valence-electron chi connectivity index (χ2n) is 3.46. The molecule has 0 radical (unpaired) electrons. The van der Waals surface area contributed by atoms with Gasteiger partial charge in [0.05, 0.1) is 13.2 Å². The Balaban J connectivity index is 2.43. The molecular formula is C11H15Cl2NO. The molecule has 2 nitrogen and oxygen atoms in total. The standard InChI is InChI=1S/C11H15Cl2NO/c1-2-11(14)7-15-6-8-3-9(12)5-10(13)4-8/h3-5,11H,2,6-7,14H2,1H3. The first kappa shape index (κ1) is 12.8. The number of rotatable bonds is 5. The van der Waals surface area contributed by atoms with Crippen molar-refractivity contribution >= 4 is 23.2 Å². The predicted molar refractivity (Wildman–Crippen MR) is 64.4 cm³/mol. The normalized spacial score (nSPS) is 12.8. The molecule has 0 aliphatic heterocycles. The van der Waals surface area contributed by atoms with Crippen molar-refractivity contribution in [2.24, 2.45) is 5.73 Å². The molecule has 0 aromatic heterocycles. The Kier molecular flexibility index (Phi) is 5.40. The van der Waals surface area contributed by atoms with E-state index in [1.165, 1.54) is 0 Å². The van der Waals surface area contributed by atoms with Gasteiger partial charge >= 0.3 is 0 Å². The summed E-state index contributed by atoms with van der Waals surface area (Å²) >= 11 is 11.7. The molecule has 0 bridgehead atoms. The summed E-state index contributed by atoms with van der Waals surface area (Å²) in [5.74, 6) is 0. The topological polar surface area (TPSA) is 35.2 Å². The van der Waals surface area contributed by atoms with Crippen LogP contribution in [0.2, 0.25) is 10.0 Å². The third kappa shape index (κ3) is 4.85. The first-order chi connectivity index (χ1) is 7.11. The Bertz CT molecular complexity index is 297. The van der Waals surface area contributed by atoms with E-state index in [0.717, 1.165) is 12.0 Å². The number of hydrogen-bond acceptors (Lipinski definition) is 2. The third-order valence-corrected chi connectivity index (χ3v) is 2.48. The van der Waals surface area contributed by atoms with Crippen molar-refractivity contribution in [1.29, 1.82) is 0 Å². The van der Waals surface area contributed by atoms with Gasteiger partial charge in [-0.15, -0.1) is 0 Å². The van der Waals surface area contributed by atoms with E-state index in [2.05, 4.69) is 0 Å². The first-order valence-corrected chi connectivity index (χ1v) is 5.65. The van der Waals surface area contributed by atoms with Crippen LogP contribution in [0, 0.1) is 0 Å². The summed E-state index contributed by atoms with van der Waals surface area (Å²) in [4.78, 5) is 0. The minimum Gasteiger partial charge on any atom is -0.375 e. The summed E-state index contributed by atoms with van der Waals surface area (Å²) in [6.07, 6.45) is 0.913. The fourth-order valence-corrected chi connectivity index (χ4v) is 1.71. The summed E-state index contributed by atoms with van der Waals surface area (Å²) in [6, 6.07) is 5.47. The molecule has 0 aliphatic carbocycles. The molecule has 0 saturated carbocycles. The van der Waals surface area contributed by atoms with E-state index in [0.29, 0.717) is 23.3 Å². The average molecular weight is 248 g/mol. The van der Waals surface area contributed by atoms with Crippen molar-refractivity contribution in [1.82, 2.24) is 0 Å². The van der Waals surface area contributed by atoms with Crippen LogP contribution < -0.4 is 5.73 Å². The second kappa shape index (κ2) is 6.33. The van der Waals surface area contributed by atoms with Crippen LogP contribution in [-0.2, 0) is 11.3 Å². The molecule has 0 amide bonds. The lowest BCUT2D eigenvalue weighted by Crippen LogP contribution is -2.24. The second-order valence-corrected chi connectivity index (χ2v) is 4.33. The molecular weight excluding hydrogens is 233 g/mol. The Labute approximate surface area is 100 Å². The van der Waals surface area contributed by atoms with Gasteiger partial charge in [0.25, 0.3) is 0 Å². The van der Waals surface area contributed by atoms with E-state index >= 15 is 0 Å². The van der Waals surface area contributed by atoms with E-state index in [1.54, 1.807) is 6.07 Å². The number of benzene rings is 1. The van der Waals surface area contributed by atoms with Crippen molar-refractivity contribution in [3.8, 4) is 0 Å². The zero-order valence-electron chi connectivity index (χ0n) is 8.67. The van der Waals surface area contributed by atoms with Gasteiger partial charge in [0, 0.05) is 16.1 Å². The predicted octanol–water partition coefficient (Wildman–Crippen LogP) is 3.25. The lowest BCUT2D eigenvalue weighted by molar-refractivity contribution is 0.107. The van der Waals surface area contributed by atoms with Crippen molar-refractivity contribution in [3.05, 3.63) is 33.8 Å². The van der Waals surface area contributed by atoms with Crippen LogP contribution in [0.15, 0.2) is 18.2 Å². The summed E-state index contributed by atoms with van der Waals surface area (Å²) in [6.45, 7) is 3.08. The first-order valence-electron chi connectivity index (χ1n) is 4.90. The fraction of sp³-hybridized carbons (Fsp3) is 0.455. The zero-order chi connectivity index (χ0) is 11.3. The molecule has 84 valence electrons. The molecule has 0 aliphatic rings. The van der Waals surface area contributed by atoms with E-state index < -0.39 is 0 Å². The van der Waals surface area contributed by atoms with E-state index in [4.69, 9.17) is 33.7 Å². The van der Waals surface area contributed by atoms with Gasteiger partial charge < -0.3 is 10.5 Å². The number of halogens is 2. The van der Waals surface area contributed by atoms with Gasteiger partial charge in [0.1, 0.15) is 0 Å². The van der Waals surface area contributed by atoms with E-state index in [1.807, 2.05) is 19.1 Å². The highest BCUT2D eigenvalue weighted by molar-refractivity contribution is 6.34. The van der Waals surface area contributed by atoms with Gasteiger partial charge in [-0.2, -0.15) is 0 Å². The summed E-state index contributed by atoms with van der Waals surface area (Å²) in [7, 11) is 0. The molecule has 2 N–H and O–H groups in total. The SMILES string of the molecule is CCC(N)COCc1cc(Cl)cc(Cl)c1. The number of hydrogen-bond donors (Lipinski definition) is 1. The zero-order valence-corrected chi connectivity index (χ0v) is 10.2. The highest BCUT2D eigenvalue weighted by atomic mass is 35.5. The van der Waals surface area contributed by atoms with Crippen LogP contribution in [-0.4, -0.2) is 12.6 Å². The van der Waals surface area contributed by atoms with Crippen LogP contribution in [0.4, 0.5) is 0 Å². The summed E-state index contributed by atoms with van der Waals surface area (Å²) in [5.41, 5.74) is 6.69. The van der Waals surface area contributed by atoms with Crippen LogP contribution in [0.25, 0.3) is 0 Å². The maximum Gasteiger partial charge on any atom is 0.0718 e. The van der Waals surface area contributed by atoms with Gasteiger partial charge in [-0.1, -0.05) is 30.1 Å². The molecule has 1 aromatic rings. The lowest BCUT2D eigenvalue weighted by atomic mass is 10.2. The molecule has 15 heavy (non-hydrogen) atoms. The number of nitrogens with two attached hydrogens (primary N) is 1. The van der Waals surface area contributed by atoms with Gasteiger partial charge in [-0.25, -0.2) is 0 Å². The molecule has 1 aromatic carbocycles. The van der Waals surface area contributed by atoms with Gasteiger partial charge in [-0.3, -0.25) is 0 Å².